The molecule has 84 valence electrons. The third kappa shape index (κ3) is 9.48. The van der Waals surface area contributed by atoms with Crippen LogP contribution in [0.25, 0.3) is 0 Å². The van der Waals surface area contributed by atoms with Crippen LogP contribution in [0.1, 0.15) is 26.2 Å². The zero-order chi connectivity index (χ0) is 10.6. The summed E-state index contributed by atoms with van der Waals surface area (Å²) in [6, 6.07) is 0. The molecule has 4 nitrogen and oxygen atoms in total. The topological polar surface area (TPSA) is 47.6 Å². The van der Waals surface area contributed by atoms with Crippen molar-refractivity contribution in [1.82, 2.24) is 5.32 Å². The fourth-order valence-corrected chi connectivity index (χ4v) is 1.04. The Kier molecular flexibility index (Phi) is 10.0. The van der Waals surface area contributed by atoms with Crippen molar-refractivity contribution in [2.24, 2.45) is 0 Å². The van der Waals surface area contributed by atoms with Crippen LogP contribution in [0.5, 0.6) is 0 Å². The van der Waals surface area contributed by atoms with Gasteiger partial charge in [-0.3, -0.25) is 0 Å². The van der Waals surface area contributed by atoms with E-state index in [0.717, 1.165) is 25.8 Å². The van der Waals surface area contributed by atoms with Crippen LogP contribution in [0, 0.1) is 0 Å². The van der Waals surface area contributed by atoms with Gasteiger partial charge < -0.3 is 14.8 Å². The van der Waals surface area contributed by atoms with E-state index in [2.05, 4.69) is 5.32 Å². The molecular weight excluding hydrogens is 182 g/mol. The van der Waals surface area contributed by atoms with E-state index in [4.69, 9.17) is 9.47 Å². The van der Waals surface area contributed by atoms with Gasteiger partial charge in [0.05, 0.1) is 6.61 Å². The van der Waals surface area contributed by atoms with E-state index in [9.17, 15) is 4.79 Å². The minimum Gasteiger partial charge on any atom is -0.464 e. The predicted octanol–water partition coefficient (Wildman–Crippen LogP) is 0.956. The quantitative estimate of drug-likeness (QED) is 0.448. The second-order valence-corrected chi connectivity index (χ2v) is 3.02. The molecule has 14 heavy (non-hydrogen) atoms. The summed E-state index contributed by atoms with van der Waals surface area (Å²) in [7, 11) is 1.94. The predicted molar refractivity (Wildman–Crippen MR) is 55.2 cm³/mol. The molecule has 0 rings (SSSR count). The summed E-state index contributed by atoms with van der Waals surface area (Å²) in [5.41, 5.74) is 0. The number of hydrogen-bond donors (Lipinski definition) is 1. The molecule has 0 aromatic carbocycles. The molecule has 4 heteroatoms. The Balaban J connectivity index is 3.01. The van der Waals surface area contributed by atoms with Crippen LogP contribution in [0.3, 0.4) is 0 Å². The maximum absolute atomic E-state index is 10.8. The van der Waals surface area contributed by atoms with Crippen molar-refractivity contribution in [2.45, 2.75) is 26.2 Å². The van der Waals surface area contributed by atoms with Crippen LogP contribution in [-0.2, 0) is 14.3 Å². The Labute approximate surface area is 86.0 Å². The lowest BCUT2D eigenvalue weighted by molar-refractivity contribution is -0.148. The molecule has 0 atom stereocenters. The van der Waals surface area contributed by atoms with Crippen molar-refractivity contribution in [2.75, 3.05) is 33.4 Å². The maximum Gasteiger partial charge on any atom is 0.332 e. The summed E-state index contributed by atoms with van der Waals surface area (Å²) in [5, 5.41) is 3.08. The van der Waals surface area contributed by atoms with Crippen molar-refractivity contribution in [3.63, 3.8) is 0 Å². The molecule has 0 radical (unpaired) electrons. The first-order valence-electron chi connectivity index (χ1n) is 5.19. The molecule has 0 heterocycles. The summed E-state index contributed by atoms with van der Waals surface area (Å²) in [5.74, 6) is -0.275. The van der Waals surface area contributed by atoms with Gasteiger partial charge in [0.2, 0.25) is 0 Å². The number of ether oxygens (including phenoxy) is 2. The molecule has 0 aliphatic rings. The molecule has 0 aromatic heterocycles. The van der Waals surface area contributed by atoms with Crippen LogP contribution in [0.15, 0.2) is 0 Å². The molecule has 0 saturated carbocycles. The molecule has 0 fully saturated rings. The number of hydrogen-bond acceptors (Lipinski definition) is 4. The van der Waals surface area contributed by atoms with Gasteiger partial charge in [-0.2, -0.15) is 0 Å². The maximum atomic E-state index is 10.8. The van der Waals surface area contributed by atoms with Crippen LogP contribution in [-0.4, -0.2) is 39.4 Å². The monoisotopic (exact) mass is 203 g/mol. The summed E-state index contributed by atoms with van der Waals surface area (Å²) >= 11 is 0. The zero-order valence-corrected chi connectivity index (χ0v) is 9.17. The Hall–Kier alpha value is -0.610. The van der Waals surface area contributed by atoms with E-state index in [1.807, 2.05) is 7.05 Å². The van der Waals surface area contributed by atoms with Gasteiger partial charge >= 0.3 is 5.97 Å². The summed E-state index contributed by atoms with van der Waals surface area (Å²) < 4.78 is 9.85. The Morgan fingerprint density at radius 1 is 1.29 bits per heavy atom. The molecule has 1 N–H and O–H groups in total. The SMILES string of the molecule is CCOC(=O)COCCCCCNC. The zero-order valence-electron chi connectivity index (χ0n) is 9.17. The molecular formula is C10H21NO3. The second kappa shape index (κ2) is 10.5. The Morgan fingerprint density at radius 2 is 2.07 bits per heavy atom. The van der Waals surface area contributed by atoms with E-state index in [1.54, 1.807) is 6.92 Å². The molecule has 0 unspecified atom stereocenters. The van der Waals surface area contributed by atoms with Gasteiger partial charge in [-0.25, -0.2) is 4.79 Å². The number of carbonyl (C=O) groups is 1. The smallest absolute Gasteiger partial charge is 0.332 e. The average molecular weight is 203 g/mol. The fraction of sp³-hybridized carbons (Fsp3) is 0.900. The summed E-state index contributed by atoms with van der Waals surface area (Å²) in [6.07, 6.45) is 3.28. The van der Waals surface area contributed by atoms with E-state index in [0.29, 0.717) is 13.2 Å². The fourth-order valence-electron chi connectivity index (χ4n) is 1.04. The first kappa shape index (κ1) is 13.4. The van der Waals surface area contributed by atoms with E-state index in [-0.39, 0.29) is 12.6 Å². The van der Waals surface area contributed by atoms with Crippen molar-refractivity contribution in [3.05, 3.63) is 0 Å². The van der Waals surface area contributed by atoms with Crippen LogP contribution in [0.2, 0.25) is 0 Å². The third-order valence-corrected chi connectivity index (χ3v) is 1.74. The lowest BCUT2D eigenvalue weighted by atomic mass is 10.2. The number of carbonyl (C=O) groups excluding carboxylic acids is 1. The minimum absolute atomic E-state index is 0.0832. The standard InChI is InChI=1S/C10H21NO3/c1-3-14-10(12)9-13-8-6-4-5-7-11-2/h11H,3-9H2,1-2H3. The highest BCUT2D eigenvalue weighted by molar-refractivity contribution is 5.70. The highest BCUT2D eigenvalue weighted by Gasteiger charge is 1.99. The third-order valence-electron chi connectivity index (χ3n) is 1.74. The average Bonchev–Trinajstić information content (AvgIpc) is 2.17. The lowest BCUT2D eigenvalue weighted by Crippen LogP contribution is -2.13. The number of nitrogens with one attached hydrogen (secondary N) is 1. The van der Waals surface area contributed by atoms with Crippen LogP contribution in [0.4, 0.5) is 0 Å². The van der Waals surface area contributed by atoms with Gasteiger partial charge in [0.1, 0.15) is 6.61 Å². The first-order valence-corrected chi connectivity index (χ1v) is 5.19. The summed E-state index contributed by atoms with van der Waals surface area (Å²) in [6.45, 7) is 3.97. The number of rotatable bonds is 9. The van der Waals surface area contributed by atoms with Crippen molar-refractivity contribution in [3.8, 4) is 0 Å². The second-order valence-electron chi connectivity index (χ2n) is 3.02. The number of unbranched alkanes of at least 4 members (excludes halogenated alkanes) is 2. The van der Waals surface area contributed by atoms with Gasteiger partial charge in [0.25, 0.3) is 0 Å². The molecule has 0 aliphatic heterocycles. The van der Waals surface area contributed by atoms with E-state index >= 15 is 0 Å². The van der Waals surface area contributed by atoms with Crippen LogP contribution < -0.4 is 5.32 Å². The first-order chi connectivity index (χ1) is 6.81. The Morgan fingerprint density at radius 3 is 2.71 bits per heavy atom. The van der Waals surface area contributed by atoms with Crippen molar-refractivity contribution in [1.29, 1.82) is 0 Å². The van der Waals surface area contributed by atoms with E-state index < -0.39 is 0 Å². The molecule has 0 spiro atoms. The van der Waals surface area contributed by atoms with Gasteiger partial charge in [0, 0.05) is 6.61 Å². The molecule has 0 amide bonds. The molecule has 0 aliphatic carbocycles. The Bertz CT molecular complexity index is 139. The minimum atomic E-state index is -0.275. The molecule has 0 bridgehead atoms. The van der Waals surface area contributed by atoms with Gasteiger partial charge in [-0.1, -0.05) is 0 Å². The van der Waals surface area contributed by atoms with Gasteiger partial charge in [0.15, 0.2) is 0 Å². The number of esters is 1. The largest absolute Gasteiger partial charge is 0.464 e. The van der Waals surface area contributed by atoms with Crippen molar-refractivity contribution < 1.29 is 14.3 Å². The van der Waals surface area contributed by atoms with Gasteiger partial charge in [-0.05, 0) is 39.8 Å². The highest BCUT2D eigenvalue weighted by atomic mass is 16.6. The molecule has 0 aromatic rings. The lowest BCUT2D eigenvalue weighted by Gasteiger charge is -2.03. The normalized spacial score (nSPS) is 10.1. The van der Waals surface area contributed by atoms with E-state index in [1.165, 1.54) is 0 Å². The molecule has 0 saturated heterocycles. The van der Waals surface area contributed by atoms with Crippen molar-refractivity contribution >= 4 is 5.97 Å². The van der Waals surface area contributed by atoms with Gasteiger partial charge in [-0.15, -0.1) is 0 Å². The highest BCUT2D eigenvalue weighted by Crippen LogP contribution is 1.94. The van der Waals surface area contributed by atoms with Crippen LogP contribution >= 0.6 is 0 Å². The summed E-state index contributed by atoms with van der Waals surface area (Å²) in [4.78, 5) is 10.8.